The number of amides is 1. The zero-order valence-electron chi connectivity index (χ0n) is 8.72. The minimum atomic E-state index is -0.621. The molecule has 3 heteroatoms. The lowest BCUT2D eigenvalue weighted by Gasteiger charge is -2.23. The highest BCUT2D eigenvalue weighted by Gasteiger charge is 2.23. The minimum Gasteiger partial charge on any atom is -0.339 e. The van der Waals surface area contributed by atoms with Crippen molar-refractivity contribution in [1.29, 1.82) is 0 Å². The van der Waals surface area contributed by atoms with Crippen molar-refractivity contribution >= 4 is 5.91 Å². The van der Waals surface area contributed by atoms with Gasteiger partial charge < -0.3 is 11.1 Å². The molecule has 0 radical (unpaired) electrons. The molecule has 1 amide bonds. The predicted molar refractivity (Wildman–Crippen MR) is 53.9 cm³/mol. The van der Waals surface area contributed by atoms with Crippen LogP contribution in [0.1, 0.15) is 27.7 Å². The molecule has 0 fully saturated rings. The van der Waals surface area contributed by atoms with Gasteiger partial charge in [-0.1, -0.05) is 19.8 Å². The summed E-state index contributed by atoms with van der Waals surface area (Å²) in [6, 6.07) is -0.493. The van der Waals surface area contributed by atoms with Gasteiger partial charge in [-0.05, 0) is 19.8 Å². The average molecular weight is 182 g/mol. The maximum Gasteiger partial charge on any atom is 0.238 e. The maximum atomic E-state index is 11.4. The number of hydrogen-bond acceptors (Lipinski definition) is 2. The van der Waals surface area contributed by atoms with Crippen LogP contribution in [0.5, 0.6) is 0 Å². The van der Waals surface area contributed by atoms with Gasteiger partial charge >= 0.3 is 0 Å². The molecule has 0 aromatic carbocycles. The Morgan fingerprint density at radius 2 is 2.00 bits per heavy atom. The Labute approximate surface area is 80.1 Å². The van der Waals surface area contributed by atoms with Crippen LogP contribution in [0.15, 0.2) is 0 Å². The van der Waals surface area contributed by atoms with Crippen molar-refractivity contribution in [3.8, 4) is 12.3 Å². The smallest absolute Gasteiger partial charge is 0.238 e. The molecule has 13 heavy (non-hydrogen) atoms. The summed E-state index contributed by atoms with van der Waals surface area (Å²) in [7, 11) is 0. The van der Waals surface area contributed by atoms with E-state index in [1.54, 1.807) is 13.8 Å². The number of carbonyl (C=O) groups is 1. The lowest BCUT2D eigenvalue weighted by atomic mass is 10.0. The molecule has 0 aromatic rings. The summed E-state index contributed by atoms with van der Waals surface area (Å²) in [5, 5.41) is 2.69. The Morgan fingerprint density at radius 3 is 2.31 bits per heavy atom. The van der Waals surface area contributed by atoms with E-state index < -0.39 is 11.6 Å². The largest absolute Gasteiger partial charge is 0.339 e. The van der Waals surface area contributed by atoms with Gasteiger partial charge in [0, 0.05) is 0 Å². The summed E-state index contributed by atoms with van der Waals surface area (Å²) in [6.07, 6.45) is 5.23. The van der Waals surface area contributed by atoms with Crippen molar-refractivity contribution < 1.29 is 4.79 Å². The third-order valence-corrected chi connectivity index (χ3v) is 1.82. The van der Waals surface area contributed by atoms with Crippen LogP contribution < -0.4 is 11.1 Å². The summed E-state index contributed by atoms with van der Waals surface area (Å²) >= 11 is 0. The van der Waals surface area contributed by atoms with Crippen LogP contribution >= 0.6 is 0 Å². The van der Waals surface area contributed by atoms with E-state index in [-0.39, 0.29) is 11.8 Å². The molecule has 0 unspecified atom stereocenters. The van der Waals surface area contributed by atoms with Crippen molar-refractivity contribution in [2.45, 2.75) is 39.3 Å². The van der Waals surface area contributed by atoms with E-state index in [0.29, 0.717) is 0 Å². The van der Waals surface area contributed by atoms with Crippen LogP contribution in [0.2, 0.25) is 0 Å². The van der Waals surface area contributed by atoms with Crippen molar-refractivity contribution in [3.05, 3.63) is 0 Å². The van der Waals surface area contributed by atoms with Crippen LogP contribution in [-0.4, -0.2) is 17.5 Å². The minimum absolute atomic E-state index is 0.119. The number of carbonyl (C=O) groups excluding carboxylic acids is 1. The van der Waals surface area contributed by atoms with E-state index in [9.17, 15) is 4.79 Å². The molecule has 0 saturated carbocycles. The molecule has 1 atom stereocenters. The molecule has 0 heterocycles. The van der Waals surface area contributed by atoms with Gasteiger partial charge in [0.2, 0.25) is 5.91 Å². The molecule has 0 spiro atoms. The fourth-order valence-electron chi connectivity index (χ4n) is 0.730. The second-order valence-corrected chi connectivity index (χ2v) is 4.03. The van der Waals surface area contributed by atoms with Crippen LogP contribution in [-0.2, 0) is 4.79 Å². The van der Waals surface area contributed by atoms with Gasteiger partial charge in [-0.2, -0.15) is 0 Å². The first-order chi connectivity index (χ1) is 5.80. The third-order valence-electron chi connectivity index (χ3n) is 1.82. The summed E-state index contributed by atoms with van der Waals surface area (Å²) in [5.74, 6) is 2.40. The molecular formula is C10H18N2O. The lowest BCUT2D eigenvalue weighted by molar-refractivity contribution is -0.124. The molecule has 0 bridgehead atoms. The Bertz CT molecular complexity index is 226. The van der Waals surface area contributed by atoms with Crippen molar-refractivity contribution in [1.82, 2.24) is 5.32 Å². The fourth-order valence-corrected chi connectivity index (χ4v) is 0.730. The number of nitrogens with two attached hydrogens (primary N) is 1. The lowest BCUT2D eigenvalue weighted by Crippen LogP contribution is -2.51. The summed E-state index contributed by atoms with van der Waals surface area (Å²) in [5.41, 5.74) is 5.02. The zero-order chi connectivity index (χ0) is 10.6. The highest BCUT2D eigenvalue weighted by molar-refractivity contribution is 5.82. The summed E-state index contributed by atoms with van der Waals surface area (Å²) in [6.45, 7) is 7.32. The molecule has 0 aliphatic rings. The number of nitrogens with one attached hydrogen (secondary N) is 1. The zero-order valence-corrected chi connectivity index (χ0v) is 8.72. The van der Waals surface area contributed by atoms with E-state index in [1.165, 1.54) is 0 Å². The summed E-state index contributed by atoms with van der Waals surface area (Å²) in [4.78, 5) is 11.4. The standard InChI is InChI=1S/C10H18N2O/c1-6-10(4,5)12-9(13)8(11)7(2)3/h1,7-8H,11H2,2-5H3,(H,12,13)/t8-/m0/s1. The third kappa shape index (κ3) is 3.95. The van der Waals surface area contributed by atoms with Crippen LogP contribution in [0.4, 0.5) is 0 Å². The van der Waals surface area contributed by atoms with Crippen molar-refractivity contribution in [2.24, 2.45) is 11.7 Å². The summed E-state index contributed by atoms with van der Waals surface area (Å²) < 4.78 is 0. The van der Waals surface area contributed by atoms with Crippen LogP contribution in [0.3, 0.4) is 0 Å². The molecule has 0 saturated heterocycles. The van der Waals surface area contributed by atoms with E-state index in [4.69, 9.17) is 12.2 Å². The maximum absolute atomic E-state index is 11.4. The van der Waals surface area contributed by atoms with Gasteiger partial charge in [0.05, 0.1) is 11.6 Å². The van der Waals surface area contributed by atoms with E-state index >= 15 is 0 Å². The highest BCUT2D eigenvalue weighted by atomic mass is 16.2. The quantitative estimate of drug-likeness (QED) is 0.624. The molecular weight excluding hydrogens is 164 g/mol. The molecule has 3 nitrogen and oxygen atoms in total. The molecule has 74 valence electrons. The normalized spacial score (nSPS) is 13.6. The molecule has 0 aliphatic heterocycles. The van der Waals surface area contributed by atoms with Gasteiger partial charge in [0.1, 0.15) is 0 Å². The van der Waals surface area contributed by atoms with Gasteiger partial charge in [-0.25, -0.2) is 0 Å². The first-order valence-corrected chi connectivity index (χ1v) is 4.35. The number of rotatable bonds is 3. The molecule has 0 aromatic heterocycles. The fraction of sp³-hybridized carbons (Fsp3) is 0.700. The Morgan fingerprint density at radius 1 is 1.54 bits per heavy atom. The number of hydrogen-bond donors (Lipinski definition) is 2. The molecule has 0 rings (SSSR count). The topological polar surface area (TPSA) is 55.1 Å². The first kappa shape index (κ1) is 12.0. The number of terminal acetylenes is 1. The van der Waals surface area contributed by atoms with Crippen molar-refractivity contribution in [2.75, 3.05) is 0 Å². The van der Waals surface area contributed by atoms with Gasteiger partial charge in [0.15, 0.2) is 0 Å². The molecule has 3 N–H and O–H groups in total. The Hall–Kier alpha value is -1.01. The second-order valence-electron chi connectivity index (χ2n) is 4.03. The Kier molecular flexibility index (Phi) is 3.96. The SMILES string of the molecule is C#CC(C)(C)NC(=O)[C@@H](N)C(C)C. The van der Waals surface area contributed by atoms with E-state index in [2.05, 4.69) is 11.2 Å². The van der Waals surface area contributed by atoms with Gasteiger partial charge in [0.25, 0.3) is 0 Å². The van der Waals surface area contributed by atoms with Gasteiger partial charge in [-0.3, -0.25) is 4.79 Å². The Balaban J connectivity index is 4.26. The predicted octanol–water partition coefficient (Wildman–Crippen LogP) is 0.498. The van der Waals surface area contributed by atoms with Crippen LogP contribution in [0.25, 0.3) is 0 Å². The van der Waals surface area contributed by atoms with E-state index in [1.807, 2.05) is 13.8 Å². The second kappa shape index (κ2) is 4.29. The first-order valence-electron chi connectivity index (χ1n) is 4.35. The van der Waals surface area contributed by atoms with Gasteiger partial charge in [-0.15, -0.1) is 6.42 Å². The van der Waals surface area contributed by atoms with Crippen LogP contribution in [0, 0.1) is 18.3 Å². The average Bonchev–Trinajstić information content (AvgIpc) is 2.02. The molecule has 0 aliphatic carbocycles. The monoisotopic (exact) mass is 182 g/mol. The highest BCUT2D eigenvalue weighted by Crippen LogP contribution is 2.03. The van der Waals surface area contributed by atoms with E-state index in [0.717, 1.165) is 0 Å². The van der Waals surface area contributed by atoms with Crippen molar-refractivity contribution in [3.63, 3.8) is 0 Å².